The molecular weight excluding hydrogens is 264 g/mol. The van der Waals surface area contributed by atoms with Crippen LogP contribution in [-0.2, 0) is 4.79 Å². The molecule has 1 aliphatic carbocycles. The van der Waals surface area contributed by atoms with E-state index in [0.717, 1.165) is 13.0 Å². The van der Waals surface area contributed by atoms with Crippen molar-refractivity contribution in [2.75, 3.05) is 6.54 Å². The minimum absolute atomic E-state index is 0.0731. The van der Waals surface area contributed by atoms with Gasteiger partial charge in [0.2, 0.25) is 5.91 Å². The predicted molar refractivity (Wildman–Crippen MR) is 84.8 cm³/mol. The van der Waals surface area contributed by atoms with Gasteiger partial charge in [-0.15, -0.1) is 0 Å². The van der Waals surface area contributed by atoms with Gasteiger partial charge in [0.1, 0.15) is 6.23 Å². The number of nitrogens with one attached hydrogen (secondary N) is 1. The number of amides is 1. The van der Waals surface area contributed by atoms with E-state index in [2.05, 4.69) is 26.1 Å². The number of aliphatic hydroxyl groups excluding tert-OH is 1. The smallest absolute Gasteiger partial charge is 0.222 e. The Labute approximate surface area is 129 Å². The Morgan fingerprint density at radius 2 is 1.90 bits per heavy atom. The molecule has 1 amide bonds. The van der Waals surface area contributed by atoms with Crippen LogP contribution >= 0.6 is 0 Å². The Morgan fingerprint density at radius 1 is 1.29 bits per heavy atom. The van der Waals surface area contributed by atoms with E-state index in [4.69, 9.17) is 0 Å². The zero-order chi connectivity index (χ0) is 15.6. The molecule has 0 bridgehead atoms. The fourth-order valence-corrected chi connectivity index (χ4v) is 3.99. The number of piperidine rings is 1. The topological polar surface area (TPSA) is 52.6 Å². The third kappa shape index (κ3) is 4.19. The number of hydrogen-bond acceptors (Lipinski definition) is 3. The zero-order valence-corrected chi connectivity index (χ0v) is 14.1. The van der Waals surface area contributed by atoms with Crippen LogP contribution < -0.4 is 5.32 Å². The molecule has 2 rings (SSSR count). The molecular formula is C17H32N2O2. The van der Waals surface area contributed by atoms with Crippen molar-refractivity contribution in [1.82, 2.24) is 10.2 Å². The zero-order valence-electron chi connectivity index (χ0n) is 14.1. The van der Waals surface area contributed by atoms with Gasteiger partial charge in [0, 0.05) is 18.5 Å². The average Bonchev–Trinajstić information content (AvgIpc) is 2.43. The van der Waals surface area contributed by atoms with E-state index in [1.807, 2.05) is 11.8 Å². The van der Waals surface area contributed by atoms with Gasteiger partial charge in [-0.2, -0.15) is 0 Å². The SMILES string of the molecule is CCC(=O)N1C[C@H]2CCCC[C@H]2CC1[C@H](O)NC(C)(C)C. The standard InChI is InChI=1S/C17H32N2O2/c1-5-15(20)19-11-13-9-7-6-8-12(13)10-14(19)16(21)18-17(2,3)4/h12-14,16,18,21H,5-11H2,1-4H3/t12-,13+,14?,16-/m0/s1. The summed E-state index contributed by atoms with van der Waals surface area (Å²) in [5, 5.41) is 13.9. The van der Waals surface area contributed by atoms with Crippen LogP contribution in [0.3, 0.4) is 0 Å². The van der Waals surface area contributed by atoms with Crippen molar-refractivity contribution >= 4 is 5.91 Å². The molecule has 0 spiro atoms. The molecule has 4 atom stereocenters. The minimum atomic E-state index is -0.636. The molecule has 4 nitrogen and oxygen atoms in total. The van der Waals surface area contributed by atoms with Gasteiger partial charge >= 0.3 is 0 Å². The average molecular weight is 296 g/mol. The summed E-state index contributed by atoms with van der Waals surface area (Å²) in [4.78, 5) is 14.3. The van der Waals surface area contributed by atoms with Gasteiger partial charge in [-0.25, -0.2) is 0 Å². The van der Waals surface area contributed by atoms with E-state index in [1.54, 1.807) is 0 Å². The van der Waals surface area contributed by atoms with Crippen LogP contribution in [-0.4, -0.2) is 40.3 Å². The van der Waals surface area contributed by atoms with E-state index in [9.17, 15) is 9.90 Å². The maximum atomic E-state index is 12.3. The summed E-state index contributed by atoms with van der Waals surface area (Å²) in [6.45, 7) is 8.90. The van der Waals surface area contributed by atoms with Crippen LogP contribution in [0.4, 0.5) is 0 Å². The third-order valence-electron chi connectivity index (χ3n) is 5.01. The van der Waals surface area contributed by atoms with Gasteiger partial charge < -0.3 is 10.0 Å². The number of hydrogen-bond donors (Lipinski definition) is 2. The Bertz CT molecular complexity index is 364. The van der Waals surface area contributed by atoms with Gasteiger partial charge in [0.15, 0.2) is 0 Å². The van der Waals surface area contributed by atoms with E-state index in [1.165, 1.54) is 25.7 Å². The molecule has 0 aromatic heterocycles. The van der Waals surface area contributed by atoms with Crippen LogP contribution in [0.2, 0.25) is 0 Å². The summed E-state index contributed by atoms with van der Waals surface area (Å²) < 4.78 is 0. The predicted octanol–water partition coefficient (Wildman–Crippen LogP) is 2.51. The van der Waals surface area contributed by atoms with E-state index in [0.29, 0.717) is 18.3 Å². The highest BCUT2D eigenvalue weighted by Gasteiger charge is 2.41. The lowest BCUT2D eigenvalue weighted by Crippen LogP contribution is -2.61. The van der Waals surface area contributed by atoms with Gasteiger partial charge in [0.05, 0.1) is 6.04 Å². The molecule has 2 N–H and O–H groups in total. The van der Waals surface area contributed by atoms with Gasteiger partial charge in [-0.05, 0) is 45.4 Å². The molecule has 21 heavy (non-hydrogen) atoms. The number of fused-ring (bicyclic) bond motifs is 1. The molecule has 0 aromatic carbocycles. The maximum absolute atomic E-state index is 12.3. The number of likely N-dealkylation sites (tertiary alicyclic amines) is 1. The third-order valence-corrected chi connectivity index (χ3v) is 5.01. The number of aliphatic hydroxyl groups is 1. The largest absolute Gasteiger partial charge is 0.376 e. The van der Waals surface area contributed by atoms with Crippen LogP contribution in [0.25, 0.3) is 0 Å². The molecule has 2 aliphatic rings. The Balaban J connectivity index is 2.12. The number of carbonyl (C=O) groups is 1. The number of nitrogens with zero attached hydrogens (tertiary/aromatic N) is 1. The highest BCUT2D eigenvalue weighted by Crippen LogP contribution is 2.39. The van der Waals surface area contributed by atoms with Crippen molar-refractivity contribution < 1.29 is 9.90 Å². The van der Waals surface area contributed by atoms with Crippen molar-refractivity contribution in [2.45, 2.75) is 84.0 Å². The second-order valence-electron chi connectivity index (χ2n) is 7.85. The van der Waals surface area contributed by atoms with Crippen molar-refractivity contribution in [3.8, 4) is 0 Å². The molecule has 1 heterocycles. The first-order chi connectivity index (χ1) is 9.81. The van der Waals surface area contributed by atoms with Crippen LogP contribution in [0.5, 0.6) is 0 Å². The first-order valence-corrected chi connectivity index (χ1v) is 8.57. The Morgan fingerprint density at radius 3 is 2.48 bits per heavy atom. The fraction of sp³-hybridized carbons (Fsp3) is 0.941. The summed E-state index contributed by atoms with van der Waals surface area (Å²) in [5.74, 6) is 1.51. The normalized spacial score (nSPS) is 31.7. The lowest BCUT2D eigenvalue weighted by Gasteiger charge is -2.48. The van der Waals surface area contributed by atoms with Crippen LogP contribution in [0, 0.1) is 11.8 Å². The second-order valence-corrected chi connectivity index (χ2v) is 7.85. The molecule has 122 valence electrons. The molecule has 4 heteroatoms. The monoisotopic (exact) mass is 296 g/mol. The number of rotatable bonds is 3. The molecule has 2 fully saturated rings. The molecule has 1 aliphatic heterocycles. The van der Waals surface area contributed by atoms with E-state index < -0.39 is 6.23 Å². The summed E-state index contributed by atoms with van der Waals surface area (Å²) in [7, 11) is 0. The van der Waals surface area contributed by atoms with E-state index >= 15 is 0 Å². The maximum Gasteiger partial charge on any atom is 0.222 e. The highest BCUT2D eigenvalue weighted by atomic mass is 16.3. The van der Waals surface area contributed by atoms with Crippen molar-refractivity contribution in [3.63, 3.8) is 0 Å². The molecule has 1 unspecified atom stereocenters. The summed E-state index contributed by atoms with van der Waals surface area (Å²) in [6.07, 6.45) is 5.94. The Hall–Kier alpha value is -0.610. The first kappa shape index (κ1) is 16.8. The first-order valence-electron chi connectivity index (χ1n) is 8.57. The summed E-state index contributed by atoms with van der Waals surface area (Å²) in [6, 6.07) is -0.0731. The quantitative estimate of drug-likeness (QED) is 0.787. The fourth-order valence-electron chi connectivity index (χ4n) is 3.99. The molecule has 0 aromatic rings. The van der Waals surface area contributed by atoms with Crippen LogP contribution in [0.1, 0.15) is 66.2 Å². The highest BCUT2D eigenvalue weighted by molar-refractivity contribution is 5.76. The Kier molecular flexibility index (Phi) is 5.31. The summed E-state index contributed by atoms with van der Waals surface area (Å²) >= 11 is 0. The molecule has 1 saturated heterocycles. The van der Waals surface area contributed by atoms with Crippen molar-refractivity contribution in [2.24, 2.45) is 11.8 Å². The second kappa shape index (κ2) is 6.66. The molecule has 0 radical (unpaired) electrons. The van der Waals surface area contributed by atoms with Crippen molar-refractivity contribution in [3.05, 3.63) is 0 Å². The molecule has 1 saturated carbocycles. The van der Waals surface area contributed by atoms with Gasteiger partial charge in [-0.3, -0.25) is 10.1 Å². The summed E-state index contributed by atoms with van der Waals surface area (Å²) in [5.41, 5.74) is -0.149. The lowest BCUT2D eigenvalue weighted by molar-refractivity contribution is -0.143. The van der Waals surface area contributed by atoms with Gasteiger partial charge in [0.25, 0.3) is 0 Å². The van der Waals surface area contributed by atoms with Crippen molar-refractivity contribution in [1.29, 1.82) is 0 Å². The van der Waals surface area contributed by atoms with Gasteiger partial charge in [-0.1, -0.05) is 26.2 Å². The van der Waals surface area contributed by atoms with E-state index in [-0.39, 0.29) is 17.5 Å². The van der Waals surface area contributed by atoms with Crippen LogP contribution in [0.15, 0.2) is 0 Å². The number of carbonyl (C=O) groups excluding carboxylic acids is 1. The minimum Gasteiger partial charge on any atom is -0.376 e. The lowest BCUT2D eigenvalue weighted by atomic mass is 9.72.